The second-order valence-electron chi connectivity index (χ2n) is 8.79. The minimum absolute atomic E-state index is 0.0171. The van der Waals surface area contributed by atoms with Crippen LogP contribution in [0.1, 0.15) is 41.6 Å². The van der Waals surface area contributed by atoms with Gasteiger partial charge in [-0.1, -0.05) is 6.58 Å². The van der Waals surface area contributed by atoms with Crippen LogP contribution >= 0.6 is 22.6 Å². The third-order valence-corrected chi connectivity index (χ3v) is 7.89. The number of carbonyl (C=O) groups excluding carboxylic acids is 3. The van der Waals surface area contributed by atoms with Crippen LogP contribution in [-0.2, 0) is 16.1 Å². The first-order chi connectivity index (χ1) is 14.9. The molecule has 3 saturated heterocycles. The van der Waals surface area contributed by atoms with E-state index in [1.54, 1.807) is 11.0 Å². The van der Waals surface area contributed by atoms with Gasteiger partial charge in [-0.15, -0.1) is 0 Å². The molecule has 4 unspecified atom stereocenters. The van der Waals surface area contributed by atoms with Crippen molar-refractivity contribution in [2.45, 2.75) is 44.4 Å². The Hall–Kier alpha value is -1.98. The number of carbonyl (C=O) groups is 3. The SMILES string of the molecule is C=C1CCC(N2Cc3c(I)cc(NC(=O)C4CCNC5NCCC54)cc3C2=O)C(=O)N1. The van der Waals surface area contributed by atoms with Gasteiger partial charge < -0.3 is 26.2 Å². The molecular weight excluding hydrogens is 509 g/mol. The van der Waals surface area contributed by atoms with Crippen LogP contribution in [0.4, 0.5) is 5.69 Å². The van der Waals surface area contributed by atoms with Crippen LogP contribution in [0.2, 0.25) is 0 Å². The number of rotatable bonds is 3. The number of hydrogen-bond acceptors (Lipinski definition) is 5. The molecule has 164 valence electrons. The summed E-state index contributed by atoms with van der Waals surface area (Å²) < 4.78 is 0.924. The summed E-state index contributed by atoms with van der Waals surface area (Å²) in [6, 6.07) is 3.20. The minimum atomic E-state index is -0.485. The predicted molar refractivity (Wildman–Crippen MR) is 124 cm³/mol. The first-order valence-electron chi connectivity index (χ1n) is 10.8. The van der Waals surface area contributed by atoms with Crippen molar-refractivity contribution in [2.75, 3.05) is 18.4 Å². The number of amides is 3. The molecule has 4 atom stereocenters. The largest absolute Gasteiger partial charge is 0.329 e. The molecule has 1 aromatic carbocycles. The van der Waals surface area contributed by atoms with Gasteiger partial charge in [0.05, 0.1) is 6.17 Å². The lowest BCUT2D eigenvalue weighted by Gasteiger charge is -2.33. The van der Waals surface area contributed by atoms with Crippen molar-refractivity contribution in [2.24, 2.45) is 11.8 Å². The van der Waals surface area contributed by atoms with Gasteiger partial charge in [-0.05, 0) is 79.1 Å². The van der Waals surface area contributed by atoms with Gasteiger partial charge in [0, 0.05) is 38.9 Å². The van der Waals surface area contributed by atoms with E-state index in [1.165, 1.54) is 0 Å². The number of benzene rings is 1. The number of hydrogen-bond donors (Lipinski definition) is 4. The van der Waals surface area contributed by atoms with Crippen LogP contribution < -0.4 is 21.3 Å². The Labute approximate surface area is 194 Å². The highest BCUT2D eigenvalue weighted by Gasteiger charge is 2.41. The molecule has 31 heavy (non-hydrogen) atoms. The van der Waals surface area contributed by atoms with Gasteiger partial charge in [-0.3, -0.25) is 14.4 Å². The fourth-order valence-electron chi connectivity index (χ4n) is 5.32. The summed E-state index contributed by atoms with van der Waals surface area (Å²) in [6.45, 7) is 5.97. The van der Waals surface area contributed by atoms with E-state index in [0.29, 0.717) is 42.3 Å². The monoisotopic (exact) mass is 535 g/mol. The summed E-state index contributed by atoms with van der Waals surface area (Å²) in [5, 5.41) is 12.7. The number of fused-ring (bicyclic) bond motifs is 2. The molecule has 9 heteroatoms. The summed E-state index contributed by atoms with van der Waals surface area (Å²) in [4.78, 5) is 40.3. The second-order valence-corrected chi connectivity index (χ2v) is 9.95. The molecule has 0 spiro atoms. The van der Waals surface area contributed by atoms with E-state index in [-0.39, 0.29) is 29.8 Å². The fraction of sp³-hybridized carbons (Fsp3) is 0.500. The van der Waals surface area contributed by atoms with E-state index < -0.39 is 6.04 Å². The lowest BCUT2D eigenvalue weighted by Crippen LogP contribution is -2.51. The lowest BCUT2D eigenvalue weighted by atomic mass is 9.83. The Balaban J connectivity index is 1.34. The number of anilines is 1. The molecule has 5 rings (SSSR count). The maximum atomic E-state index is 13.2. The molecule has 0 saturated carbocycles. The Bertz CT molecular complexity index is 980. The topological polar surface area (TPSA) is 103 Å². The van der Waals surface area contributed by atoms with E-state index >= 15 is 0 Å². The number of nitrogens with one attached hydrogen (secondary N) is 4. The molecule has 1 aromatic rings. The van der Waals surface area contributed by atoms with Crippen molar-refractivity contribution in [1.29, 1.82) is 0 Å². The van der Waals surface area contributed by atoms with Gasteiger partial charge in [0.1, 0.15) is 6.04 Å². The Morgan fingerprint density at radius 3 is 2.71 bits per heavy atom. The van der Waals surface area contributed by atoms with E-state index in [0.717, 1.165) is 35.1 Å². The minimum Gasteiger partial charge on any atom is -0.329 e. The van der Waals surface area contributed by atoms with E-state index in [4.69, 9.17) is 0 Å². The summed E-state index contributed by atoms with van der Waals surface area (Å²) in [6.07, 6.45) is 3.25. The predicted octanol–water partition coefficient (Wildman–Crippen LogP) is 1.52. The number of allylic oxidation sites excluding steroid dienone is 1. The lowest BCUT2D eigenvalue weighted by molar-refractivity contribution is -0.126. The zero-order valence-corrected chi connectivity index (χ0v) is 19.3. The number of nitrogens with zero attached hydrogens (tertiary/aromatic N) is 1. The van der Waals surface area contributed by atoms with Gasteiger partial charge in [-0.25, -0.2) is 0 Å². The van der Waals surface area contributed by atoms with Gasteiger partial charge in [0.15, 0.2) is 0 Å². The van der Waals surface area contributed by atoms with Crippen LogP contribution in [0.15, 0.2) is 24.4 Å². The van der Waals surface area contributed by atoms with Crippen molar-refractivity contribution in [3.8, 4) is 0 Å². The van der Waals surface area contributed by atoms with Gasteiger partial charge >= 0.3 is 0 Å². The standard InChI is InChI=1S/C22H26IN5O3/c1-11-2-3-18(21(30)26-11)28-10-16-15(22(28)31)8-12(9-17(16)23)27-20(29)14-5-7-25-19-13(14)4-6-24-19/h8-9,13-14,18-19,24-25H,1-7,10H2,(H,26,30)(H,27,29). The molecule has 3 fully saturated rings. The summed E-state index contributed by atoms with van der Waals surface area (Å²) in [5.41, 5.74) is 2.83. The average Bonchev–Trinajstić information content (AvgIpc) is 3.33. The van der Waals surface area contributed by atoms with Gasteiger partial charge in [0.2, 0.25) is 11.8 Å². The molecule has 0 radical (unpaired) electrons. The van der Waals surface area contributed by atoms with Crippen LogP contribution in [-0.4, -0.2) is 47.9 Å². The maximum absolute atomic E-state index is 13.2. The molecule has 0 aliphatic carbocycles. The molecule has 0 aromatic heterocycles. The van der Waals surface area contributed by atoms with Gasteiger partial charge in [0.25, 0.3) is 5.91 Å². The molecule has 8 nitrogen and oxygen atoms in total. The highest BCUT2D eigenvalue weighted by molar-refractivity contribution is 14.1. The Kier molecular flexibility index (Phi) is 5.51. The first-order valence-corrected chi connectivity index (χ1v) is 11.9. The average molecular weight is 535 g/mol. The fourth-order valence-corrected chi connectivity index (χ4v) is 6.11. The smallest absolute Gasteiger partial charge is 0.255 e. The quantitative estimate of drug-likeness (QED) is 0.440. The molecule has 4 N–H and O–H groups in total. The van der Waals surface area contributed by atoms with Crippen LogP contribution in [0.25, 0.3) is 0 Å². The van der Waals surface area contributed by atoms with Crippen molar-refractivity contribution in [3.63, 3.8) is 0 Å². The van der Waals surface area contributed by atoms with E-state index in [9.17, 15) is 14.4 Å². The molecule has 0 bridgehead atoms. The Morgan fingerprint density at radius 1 is 1.16 bits per heavy atom. The molecule has 4 aliphatic rings. The van der Waals surface area contributed by atoms with Crippen molar-refractivity contribution in [3.05, 3.63) is 39.1 Å². The third-order valence-electron chi connectivity index (χ3n) is 6.92. The summed E-state index contributed by atoms with van der Waals surface area (Å²) in [5.74, 6) is -0.0639. The molecule has 3 amide bonds. The van der Waals surface area contributed by atoms with Crippen LogP contribution in [0.3, 0.4) is 0 Å². The highest BCUT2D eigenvalue weighted by atomic mass is 127. The maximum Gasteiger partial charge on any atom is 0.255 e. The number of halogens is 1. The third kappa shape index (κ3) is 3.76. The van der Waals surface area contributed by atoms with Crippen molar-refractivity contribution >= 4 is 46.0 Å². The van der Waals surface area contributed by atoms with E-state index in [2.05, 4.69) is 50.4 Å². The van der Waals surface area contributed by atoms with Gasteiger partial charge in [-0.2, -0.15) is 0 Å². The summed E-state index contributed by atoms with van der Waals surface area (Å²) >= 11 is 2.21. The van der Waals surface area contributed by atoms with Crippen LogP contribution in [0.5, 0.6) is 0 Å². The normalized spacial score (nSPS) is 30.1. The molecule has 4 heterocycles. The highest BCUT2D eigenvalue weighted by Crippen LogP contribution is 2.35. The van der Waals surface area contributed by atoms with Crippen molar-refractivity contribution in [1.82, 2.24) is 20.9 Å². The zero-order chi connectivity index (χ0) is 21.7. The van der Waals surface area contributed by atoms with Crippen molar-refractivity contribution < 1.29 is 14.4 Å². The zero-order valence-electron chi connectivity index (χ0n) is 17.2. The first kappa shape index (κ1) is 20.9. The molecular formula is C22H26IN5O3. The van der Waals surface area contributed by atoms with Crippen LogP contribution in [0, 0.1) is 15.4 Å². The Morgan fingerprint density at radius 2 is 1.94 bits per heavy atom. The van der Waals surface area contributed by atoms with E-state index in [1.807, 2.05) is 6.07 Å². The summed E-state index contributed by atoms with van der Waals surface area (Å²) in [7, 11) is 0. The number of piperidine rings is 2. The molecule has 4 aliphatic heterocycles. The second kappa shape index (κ2) is 8.18.